The molecule has 0 heterocycles. The SMILES string of the molecule is CCCOc1cc(OCCC)c(CNCC)c(OCCC)c1. The zero-order valence-corrected chi connectivity index (χ0v) is 14.5. The molecule has 126 valence electrons. The summed E-state index contributed by atoms with van der Waals surface area (Å²) in [5.41, 5.74) is 1.08. The van der Waals surface area contributed by atoms with Crippen molar-refractivity contribution < 1.29 is 14.2 Å². The van der Waals surface area contributed by atoms with Gasteiger partial charge in [-0.3, -0.25) is 0 Å². The Kier molecular flexibility index (Phi) is 9.47. The summed E-state index contributed by atoms with van der Waals surface area (Å²) in [6.07, 6.45) is 2.94. The Morgan fingerprint density at radius 3 is 1.73 bits per heavy atom. The summed E-state index contributed by atoms with van der Waals surface area (Å²) >= 11 is 0. The normalized spacial score (nSPS) is 10.5. The van der Waals surface area contributed by atoms with Crippen molar-refractivity contribution in [1.29, 1.82) is 0 Å². The van der Waals surface area contributed by atoms with Gasteiger partial charge >= 0.3 is 0 Å². The Balaban J connectivity index is 3.07. The predicted octanol–water partition coefficient (Wildman–Crippen LogP) is 4.16. The Morgan fingerprint density at radius 1 is 0.773 bits per heavy atom. The summed E-state index contributed by atoms with van der Waals surface area (Å²) in [5.74, 6) is 2.55. The van der Waals surface area contributed by atoms with Crippen LogP contribution in [-0.4, -0.2) is 26.4 Å². The van der Waals surface area contributed by atoms with Gasteiger partial charge in [0.15, 0.2) is 0 Å². The fourth-order valence-electron chi connectivity index (χ4n) is 2.00. The molecule has 0 saturated heterocycles. The van der Waals surface area contributed by atoms with Gasteiger partial charge in [0.2, 0.25) is 0 Å². The minimum Gasteiger partial charge on any atom is -0.493 e. The summed E-state index contributed by atoms with van der Waals surface area (Å²) in [6, 6.07) is 3.97. The Bertz CT molecular complexity index is 392. The first kappa shape index (κ1) is 18.6. The molecule has 0 spiro atoms. The van der Waals surface area contributed by atoms with Gasteiger partial charge in [-0.15, -0.1) is 0 Å². The molecular weight excluding hydrogens is 278 g/mol. The molecular formula is C18H31NO3. The third kappa shape index (κ3) is 6.14. The van der Waals surface area contributed by atoms with E-state index in [2.05, 4.69) is 33.0 Å². The molecule has 0 aromatic heterocycles. The topological polar surface area (TPSA) is 39.7 Å². The van der Waals surface area contributed by atoms with Gasteiger partial charge in [-0.2, -0.15) is 0 Å². The van der Waals surface area contributed by atoms with Gasteiger partial charge in [0.1, 0.15) is 17.2 Å². The lowest BCUT2D eigenvalue weighted by molar-refractivity contribution is 0.281. The lowest BCUT2D eigenvalue weighted by atomic mass is 10.1. The highest BCUT2D eigenvalue weighted by Gasteiger charge is 2.14. The second-order valence-corrected chi connectivity index (χ2v) is 5.22. The molecule has 0 unspecified atom stereocenters. The fraction of sp³-hybridized carbons (Fsp3) is 0.667. The highest BCUT2D eigenvalue weighted by molar-refractivity contribution is 5.50. The van der Waals surface area contributed by atoms with Crippen LogP contribution < -0.4 is 19.5 Å². The molecule has 0 aliphatic rings. The van der Waals surface area contributed by atoms with Crippen molar-refractivity contribution in [3.63, 3.8) is 0 Å². The zero-order chi connectivity index (χ0) is 16.2. The fourth-order valence-corrected chi connectivity index (χ4v) is 2.00. The van der Waals surface area contributed by atoms with E-state index in [1.165, 1.54) is 0 Å². The maximum Gasteiger partial charge on any atom is 0.131 e. The molecule has 0 amide bonds. The van der Waals surface area contributed by atoms with E-state index >= 15 is 0 Å². The van der Waals surface area contributed by atoms with Crippen LogP contribution in [0.3, 0.4) is 0 Å². The van der Waals surface area contributed by atoms with Crippen LogP contribution in [0.4, 0.5) is 0 Å². The smallest absolute Gasteiger partial charge is 0.131 e. The average molecular weight is 309 g/mol. The number of rotatable bonds is 12. The maximum absolute atomic E-state index is 5.92. The molecule has 0 radical (unpaired) electrons. The molecule has 22 heavy (non-hydrogen) atoms. The lowest BCUT2D eigenvalue weighted by Crippen LogP contribution is -2.15. The summed E-state index contributed by atoms with van der Waals surface area (Å²) < 4.78 is 17.6. The van der Waals surface area contributed by atoms with E-state index in [0.29, 0.717) is 19.8 Å². The second kappa shape index (κ2) is 11.2. The van der Waals surface area contributed by atoms with Gasteiger partial charge in [0, 0.05) is 18.7 Å². The van der Waals surface area contributed by atoms with Gasteiger partial charge in [-0.25, -0.2) is 0 Å². The third-order valence-corrected chi connectivity index (χ3v) is 3.09. The quantitative estimate of drug-likeness (QED) is 0.629. The molecule has 1 rings (SSSR count). The summed E-state index contributed by atoms with van der Waals surface area (Å²) in [5, 5.41) is 3.36. The Morgan fingerprint density at radius 2 is 1.27 bits per heavy atom. The summed E-state index contributed by atoms with van der Waals surface area (Å²) in [6.45, 7) is 12.2. The molecule has 0 aliphatic carbocycles. The first-order valence-corrected chi connectivity index (χ1v) is 8.52. The van der Waals surface area contributed by atoms with Crippen LogP contribution in [-0.2, 0) is 6.54 Å². The van der Waals surface area contributed by atoms with Gasteiger partial charge in [0.25, 0.3) is 0 Å². The van der Waals surface area contributed by atoms with Crippen LogP contribution in [0.15, 0.2) is 12.1 Å². The largest absolute Gasteiger partial charge is 0.493 e. The lowest BCUT2D eigenvalue weighted by Gasteiger charge is -2.18. The van der Waals surface area contributed by atoms with Crippen molar-refractivity contribution >= 4 is 0 Å². The van der Waals surface area contributed by atoms with E-state index < -0.39 is 0 Å². The molecule has 4 heteroatoms. The number of nitrogens with one attached hydrogen (secondary N) is 1. The summed E-state index contributed by atoms with van der Waals surface area (Å²) in [4.78, 5) is 0. The highest BCUT2D eigenvalue weighted by atomic mass is 16.5. The van der Waals surface area contributed by atoms with E-state index in [-0.39, 0.29) is 0 Å². The molecule has 4 nitrogen and oxygen atoms in total. The van der Waals surface area contributed by atoms with E-state index in [1.807, 2.05) is 12.1 Å². The van der Waals surface area contributed by atoms with E-state index in [4.69, 9.17) is 14.2 Å². The van der Waals surface area contributed by atoms with Crippen LogP contribution in [0.2, 0.25) is 0 Å². The van der Waals surface area contributed by atoms with Crippen LogP contribution in [0.1, 0.15) is 52.5 Å². The first-order chi connectivity index (χ1) is 10.8. The monoisotopic (exact) mass is 309 g/mol. The molecule has 1 aromatic carbocycles. The second-order valence-electron chi connectivity index (χ2n) is 5.22. The molecule has 0 aliphatic heterocycles. The predicted molar refractivity (Wildman–Crippen MR) is 91.2 cm³/mol. The van der Waals surface area contributed by atoms with Crippen molar-refractivity contribution in [3.05, 3.63) is 17.7 Å². The van der Waals surface area contributed by atoms with E-state index in [1.54, 1.807) is 0 Å². The minimum atomic E-state index is 0.698. The van der Waals surface area contributed by atoms with Crippen LogP contribution in [0.5, 0.6) is 17.2 Å². The maximum atomic E-state index is 5.92. The Labute approximate surface area is 135 Å². The molecule has 0 atom stereocenters. The average Bonchev–Trinajstić information content (AvgIpc) is 2.54. The van der Waals surface area contributed by atoms with Crippen molar-refractivity contribution in [1.82, 2.24) is 5.32 Å². The number of hydrogen-bond donors (Lipinski definition) is 1. The van der Waals surface area contributed by atoms with Crippen LogP contribution in [0, 0.1) is 0 Å². The minimum absolute atomic E-state index is 0.698. The third-order valence-electron chi connectivity index (χ3n) is 3.09. The van der Waals surface area contributed by atoms with E-state index in [0.717, 1.165) is 55.2 Å². The molecule has 0 fully saturated rings. The molecule has 1 aromatic rings. The molecule has 0 bridgehead atoms. The van der Waals surface area contributed by atoms with Gasteiger partial charge < -0.3 is 19.5 Å². The standard InChI is InChI=1S/C18H31NO3/c1-5-9-20-15-12-17(21-10-6-2)16(14-19-8-4)18(13-15)22-11-7-3/h12-13,19H,5-11,14H2,1-4H3. The van der Waals surface area contributed by atoms with Crippen molar-refractivity contribution in [3.8, 4) is 17.2 Å². The first-order valence-electron chi connectivity index (χ1n) is 8.52. The highest BCUT2D eigenvalue weighted by Crippen LogP contribution is 2.34. The van der Waals surface area contributed by atoms with Gasteiger partial charge in [0.05, 0.1) is 25.4 Å². The van der Waals surface area contributed by atoms with E-state index in [9.17, 15) is 0 Å². The molecule has 1 N–H and O–H groups in total. The van der Waals surface area contributed by atoms with Crippen molar-refractivity contribution in [2.24, 2.45) is 0 Å². The van der Waals surface area contributed by atoms with Crippen LogP contribution >= 0.6 is 0 Å². The van der Waals surface area contributed by atoms with Gasteiger partial charge in [-0.05, 0) is 25.8 Å². The van der Waals surface area contributed by atoms with Crippen molar-refractivity contribution in [2.45, 2.75) is 53.5 Å². The number of benzene rings is 1. The summed E-state index contributed by atoms with van der Waals surface area (Å²) in [7, 11) is 0. The zero-order valence-electron chi connectivity index (χ0n) is 14.5. The van der Waals surface area contributed by atoms with Crippen molar-refractivity contribution in [2.75, 3.05) is 26.4 Å². The van der Waals surface area contributed by atoms with Gasteiger partial charge in [-0.1, -0.05) is 27.7 Å². The number of hydrogen-bond acceptors (Lipinski definition) is 4. The Hall–Kier alpha value is -1.42. The number of ether oxygens (including phenoxy) is 3. The van der Waals surface area contributed by atoms with Crippen LogP contribution in [0.25, 0.3) is 0 Å². The molecule has 0 saturated carbocycles.